The van der Waals surface area contributed by atoms with Crippen LogP contribution in [0.15, 0.2) is 48.8 Å². The van der Waals surface area contributed by atoms with Crippen LogP contribution in [0.1, 0.15) is 16.7 Å². The van der Waals surface area contributed by atoms with E-state index in [4.69, 9.17) is 11.5 Å². The Labute approximate surface area is 146 Å². The van der Waals surface area contributed by atoms with E-state index in [1.807, 2.05) is 0 Å². The van der Waals surface area contributed by atoms with Crippen LogP contribution in [0.2, 0.25) is 0 Å². The van der Waals surface area contributed by atoms with Crippen LogP contribution in [-0.2, 0) is 6.18 Å². The molecule has 0 radical (unpaired) electrons. The van der Waals surface area contributed by atoms with Crippen LogP contribution < -0.4 is 11.5 Å². The molecule has 0 spiro atoms. The summed E-state index contributed by atoms with van der Waals surface area (Å²) in [6.45, 7) is 0. The molecule has 130 valence electrons. The fourth-order valence-electron chi connectivity index (χ4n) is 2.24. The molecule has 5 nitrogen and oxygen atoms in total. The van der Waals surface area contributed by atoms with Gasteiger partial charge in [-0.1, -0.05) is 24.0 Å². The van der Waals surface area contributed by atoms with E-state index in [1.165, 1.54) is 12.1 Å². The van der Waals surface area contributed by atoms with Crippen molar-refractivity contribution < 1.29 is 13.2 Å². The van der Waals surface area contributed by atoms with Gasteiger partial charge in [-0.15, -0.1) is 0 Å². The van der Waals surface area contributed by atoms with E-state index in [0.717, 1.165) is 12.1 Å². The summed E-state index contributed by atoms with van der Waals surface area (Å²) in [5, 5.41) is 0. The van der Waals surface area contributed by atoms with Gasteiger partial charge in [-0.25, -0.2) is 4.98 Å². The van der Waals surface area contributed by atoms with E-state index < -0.39 is 11.7 Å². The van der Waals surface area contributed by atoms with Gasteiger partial charge in [0, 0.05) is 23.5 Å². The molecule has 2 aromatic heterocycles. The molecule has 0 unspecified atom stereocenters. The molecular weight excluding hydrogens is 343 g/mol. The molecule has 0 saturated heterocycles. The number of hydrogen-bond donors (Lipinski definition) is 2. The highest BCUT2D eigenvalue weighted by molar-refractivity contribution is 5.74. The van der Waals surface area contributed by atoms with Gasteiger partial charge in [0.15, 0.2) is 0 Å². The molecular formula is C18H12F3N5. The Morgan fingerprint density at radius 3 is 2.46 bits per heavy atom. The molecule has 0 bridgehead atoms. The van der Waals surface area contributed by atoms with Gasteiger partial charge in [-0.2, -0.15) is 18.2 Å². The predicted octanol–water partition coefficient (Wildman–Crippen LogP) is 3.12. The summed E-state index contributed by atoms with van der Waals surface area (Å²) in [5.74, 6) is 5.48. The Hall–Kier alpha value is -3.60. The fraction of sp³-hybridized carbons (Fsp3) is 0.0556. The third-order valence-electron chi connectivity index (χ3n) is 3.41. The van der Waals surface area contributed by atoms with E-state index in [2.05, 4.69) is 26.8 Å². The molecule has 0 atom stereocenters. The summed E-state index contributed by atoms with van der Waals surface area (Å²) in [7, 11) is 0. The minimum absolute atomic E-state index is 0.0127. The first kappa shape index (κ1) is 17.2. The number of benzene rings is 1. The molecule has 4 N–H and O–H groups in total. The average Bonchev–Trinajstić information content (AvgIpc) is 2.60. The normalized spacial score (nSPS) is 10.9. The number of anilines is 2. The van der Waals surface area contributed by atoms with Crippen molar-refractivity contribution >= 4 is 11.8 Å². The Morgan fingerprint density at radius 1 is 0.962 bits per heavy atom. The maximum Gasteiger partial charge on any atom is 0.416 e. The van der Waals surface area contributed by atoms with Gasteiger partial charge in [0.05, 0.1) is 16.8 Å². The largest absolute Gasteiger partial charge is 0.416 e. The Morgan fingerprint density at radius 2 is 1.77 bits per heavy atom. The van der Waals surface area contributed by atoms with Gasteiger partial charge < -0.3 is 11.5 Å². The molecule has 8 heteroatoms. The zero-order chi connectivity index (χ0) is 18.7. The number of halogens is 3. The fourth-order valence-corrected chi connectivity index (χ4v) is 2.24. The molecule has 0 amide bonds. The van der Waals surface area contributed by atoms with Gasteiger partial charge in [-0.05, 0) is 24.3 Å². The maximum atomic E-state index is 13.0. The van der Waals surface area contributed by atoms with Crippen molar-refractivity contribution in [1.82, 2.24) is 15.0 Å². The van der Waals surface area contributed by atoms with E-state index in [9.17, 15) is 13.2 Å². The topological polar surface area (TPSA) is 90.7 Å². The van der Waals surface area contributed by atoms with Crippen LogP contribution in [0.25, 0.3) is 11.3 Å². The van der Waals surface area contributed by atoms with Crippen LogP contribution in [-0.4, -0.2) is 15.0 Å². The van der Waals surface area contributed by atoms with E-state index >= 15 is 0 Å². The van der Waals surface area contributed by atoms with Crippen molar-refractivity contribution in [1.29, 1.82) is 0 Å². The monoisotopic (exact) mass is 355 g/mol. The quantitative estimate of drug-likeness (QED) is 0.655. The summed E-state index contributed by atoms with van der Waals surface area (Å²) < 4.78 is 39.0. The molecule has 1 aromatic carbocycles. The lowest BCUT2D eigenvalue weighted by atomic mass is 10.0. The second kappa shape index (κ2) is 6.72. The predicted molar refractivity (Wildman–Crippen MR) is 91.5 cm³/mol. The standard InChI is InChI=1S/C18H12F3N5/c19-18(20,21)13-5-1-4-12(9-13)15-14(16(22)26-17(23)25-15)7-6-11-3-2-8-24-10-11/h1-5,8-10H,(H4,22,23,25,26). The Bertz CT molecular complexity index is 1000. The average molecular weight is 355 g/mol. The smallest absolute Gasteiger partial charge is 0.382 e. The van der Waals surface area contributed by atoms with Crippen molar-refractivity contribution in [3.05, 3.63) is 65.5 Å². The van der Waals surface area contributed by atoms with Crippen LogP contribution in [0.3, 0.4) is 0 Å². The van der Waals surface area contributed by atoms with E-state index in [0.29, 0.717) is 5.56 Å². The van der Waals surface area contributed by atoms with Crippen molar-refractivity contribution in [2.24, 2.45) is 0 Å². The first-order chi connectivity index (χ1) is 12.3. The lowest BCUT2D eigenvalue weighted by Crippen LogP contribution is -2.07. The minimum atomic E-state index is -4.48. The van der Waals surface area contributed by atoms with Gasteiger partial charge in [0.1, 0.15) is 5.82 Å². The molecule has 26 heavy (non-hydrogen) atoms. The summed E-state index contributed by atoms with van der Waals surface area (Å²) in [6.07, 6.45) is -1.34. The lowest BCUT2D eigenvalue weighted by Gasteiger charge is -2.11. The van der Waals surface area contributed by atoms with Crippen LogP contribution in [0.5, 0.6) is 0 Å². The SMILES string of the molecule is Nc1nc(N)c(C#Cc2cccnc2)c(-c2cccc(C(F)(F)F)c2)n1. The second-order valence-corrected chi connectivity index (χ2v) is 5.26. The summed E-state index contributed by atoms with van der Waals surface area (Å²) >= 11 is 0. The first-order valence-electron chi connectivity index (χ1n) is 7.37. The van der Waals surface area contributed by atoms with Crippen molar-refractivity contribution in [2.75, 3.05) is 11.5 Å². The second-order valence-electron chi connectivity index (χ2n) is 5.26. The summed E-state index contributed by atoms with van der Waals surface area (Å²) in [4.78, 5) is 11.8. The molecule has 2 heterocycles. The van der Waals surface area contributed by atoms with Crippen molar-refractivity contribution in [3.8, 4) is 23.1 Å². The Balaban J connectivity index is 2.15. The van der Waals surface area contributed by atoms with Gasteiger partial charge in [0.2, 0.25) is 5.95 Å². The first-order valence-corrected chi connectivity index (χ1v) is 7.37. The number of alkyl halides is 3. The molecule has 0 aliphatic carbocycles. The van der Waals surface area contributed by atoms with E-state index in [-0.39, 0.29) is 28.6 Å². The number of rotatable bonds is 1. The molecule has 3 aromatic rings. The third-order valence-corrected chi connectivity index (χ3v) is 3.41. The summed E-state index contributed by atoms with van der Waals surface area (Å²) in [6, 6.07) is 8.14. The highest BCUT2D eigenvalue weighted by Crippen LogP contribution is 2.33. The molecule has 0 aliphatic heterocycles. The van der Waals surface area contributed by atoms with Gasteiger partial charge in [0.25, 0.3) is 0 Å². The van der Waals surface area contributed by atoms with Crippen molar-refractivity contribution in [3.63, 3.8) is 0 Å². The summed E-state index contributed by atoms with van der Waals surface area (Å²) in [5.41, 5.74) is 11.8. The molecule has 0 fully saturated rings. The number of nitrogens with two attached hydrogens (primary N) is 2. The van der Waals surface area contributed by atoms with E-state index in [1.54, 1.807) is 24.5 Å². The molecule has 0 aliphatic rings. The van der Waals surface area contributed by atoms with Crippen molar-refractivity contribution in [2.45, 2.75) is 6.18 Å². The highest BCUT2D eigenvalue weighted by atomic mass is 19.4. The number of pyridine rings is 1. The Kier molecular flexibility index (Phi) is 4.45. The van der Waals surface area contributed by atoms with Gasteiger partial charge >= 0.3 is 6.18 Å². The maximum absolute atomic E-state index is 13.0. The number of nitrogens with zero attached hydrogens (tertiary/aromatic N) is 3. The van der Waals surface area contributed by atoms with Gasteiger partial charge in [-0.3, -0.25) is 4.98 Å². The zero-order valence-corrected chi connectivity index (χ0v) is 13.2. The number of hydrogen-bond acceptors (Lipinski definition) is 5. The zero-order valence-electron chi connectivity index (χ0n) is 13.2. The number of aromatic nitrogens is 3. The molecule has 3 rings (SSSR count). The minimum Gasteiger partial charge on any atom is -0.382 e. The number of nitrogen functional groups attached to an aromatic ring is 2. The van der Waals surface area contributed by atoms with Crippen LogP contribution in [0, 0.1) is 11.8 Å². The lowest BCUT2D eigenvalue weighted by molar-refractivity contribution is -0.137. The highest BCUT2D eigenvalue weighted by Gasteiger charge is 2.30. The molecule has 0 saturated carbocycles. The van der Waals surface area contributed by atoms with Crippen LogP contribution >= 0.6 is 0 Å². The third kappa shape index (κ3) is 3.72. The van der Waals surface area contributed by atoms with Crippen LogP contribution in [0.4, 0.5) is 24.9 Å².